The SMILES string of the molecule is O=c1ccnc2n1CCCS2. The van der Waals surface area contributed by atoms with Gasteiger partial charge >= 0.3 is 0 Å². The van der Waals surface area contributed by atoms with Crippen LogP contribution in [0.25, 0.3) is 0 Å². The van der Waals surface area contributed by atoms with Gasteiger partial charge in [0, 0.05) is 24.6 Å². The van der Waals surface area contributed by atoms with Crippen molar-refractivity contribution in [3.05, 3.63) is 22.6 Å². The fraction of sp³-hybridized carbons (Fsp3) is 0.429. The second kappa shape index (κ2) is 2.70. The van der Waals surface area contributed by atoms with Crippen LogP contribution in [0.15, 0.2) is 22.2 Å². The first kappa shape index (κ1) is 6.91. The third kappa shape index (κ3) is 1.18. The van der Waals surface area contributed by atoms with E-state index in [1.165, 1.54) is 6.07 Å². The summed E-state index contributed by atoms with van der Waals surface area (Å²) in [7, 11) is 0. The molecule has 0 N–H and O–H groups in total. The molecule has 0 amide bonds. The van der Waals surface area contributed by atoms with Gasteiger partial charge in [-0.05, 0) is 6.42 Å². The molecule has 0 atom stereocenters. The summed E-state index contributed by atoms with van der Waals surface area (Å²) in [4.78, 5) is 15.3. The number of aromatic nitrogens is 2. The summed E-state index contributed by atoms with van der Waals surface area (Å²) < 4.78 is 1.73. The second-order valence-corrected chi connectivity index (χ2v) is 3.48. The monoisotopic (exact) mass is 168 g/mol. The fourth-order valence-electron chi connectivity index (χ4n) is 1.13. The van der Waals surface area contributed by atoms with E-state index in [1.807, 2.05) is 0 Å². The predicted molar refractivity (Wildman–Crippen MR) is 43.8 cm³/mol. The summed E-state index contributed by atoms with van der Waals surface area (Å²) in [6.45, 7) is 0.828. The van der Waals surface area contributed by atoms with E-state index in [0.717, 1.165) is 23.9 Å². The molecule has 2 rings (SSSR count). The number of nitrogens with zero attached hydrogens (tertiary/aromatic N) is 2. The van der Waals surface area contributed by atoms with Gasteiger partial charge in [-0.15, -0.1) is 0 Å². The molecule has 0 unspecified atom stereocenters. The summed E-state index contributed by atoms with van der Waals surface area (Å²) in [6.07, 6.45) is 2.65. The fourth-order valence-corrected chi connectivity index (χ4v) is 2.05. The first-order valence-electron chi connectivity index (χ1n) is 3.56. The third-order valence-corrected chi connectivity index (χ3v) is 2.73. The number of rotatable bonds is 0. The molecule has 0 aromatic carbocycles. The standard InChI is InChI=1S/C7H8N2OS/c10-6-2-3-8-7-9(6)4-1-5-11-7/h2-3H,1,4-5H2. The maximum absolute atomic E-state index is 11.2. The van der Waals surface area contributed by atoms with Crippen molar-refractivity contribution in [3.63, 3.8) is 0 Å². The van der Waals surface area contributed by atoms with Crippen molar-refractivity contribution in [3.8, 4) is 0 Å². The van der Waals surface area contributed by atoms with E-state index in [4.69, 9.17) is 0 Å². The van der Waals surface area contributed by atoms with Crippen LogP contribution in [0.5, 0.6) is 0 Å². The number of fused-ring (bicyclic) bond motifs is 1. The number of hydrogen-bond donors (Lipinski definition) is 0. The summed E-state index contributed by atoms with van der Waals surface area (Å²) in [5, 5.41) is 0.865. The predicted octanol–water partition coefficient (Wildman–Crippen LogP) is 0.739. The van der Waals surface area contributed by atoms with Gasteiger partial charge in [0.1, 0.15) is 0 Å². The topological polar surface area (TPSA) is 34.9 Å². The molecule has 4 heteroatoms. The van der Waals surface area contributed by atoms with Crippen LogP contribution in [0.1, 0.15) is 6.42 Å². The normalized spacial score (nSPS) is 16.0. The average molecular weight is 168 g/mol. The van der Waals surface area contributed by atoms with Gasteiger partial charge in [-0.25, -0.2) is 4.98 Å². The molecule has 0 saturated carbocycles. The van der Waals surface area contributed by atoms with Gasteiger partial charge in [0.15, 0.2) is 5.16 Å². The molecule has 1 aromatic rings. The molecule has 1 aromatic heterocycles. The number of hydrogen-bond acceptors (Lipinski definition) is 3. The largest absolute Gasteiger partial charge is 0.288 e. The smallest absolute Gasteiger partial charge is 0.254 e. The average Bonchev–Trinajstić information content (AvgIpc) is 2.06. The molecule has 0 radical (unpaired) electrons. The zero-order chi connectivity index (χ0) is 7.68. The van der Waals surface area contributed by atoms with Crippen molar-refractivity contribution in [1.82, 2.24) is 9.55 Å². The maximum Gasteiger partial charge on any atom is 0.254 e. The first-order valence-corrected chi connectivity index (χ1v) is 4.55. The Morgan fingerprint density at radius 3 is 3.36 bits per heavy atom. The highest BCUT2D eigenvalue weighted by Crippen LogP contribution is 2.19. The van der Waals surface area contributed by atoms with Gasteiger partial charge < -0.3 is 0 Å². The minimum Gasteiger partial charge on any atom is -0.288 e. The van der Waals surface area contributed by atoms with E-state index in [0.29, 0.717) is 0 Å². The van der Waals surface area contributed by atoms with E-state index in [1.54, 1.807) is 22.5 Å². The lowest BCUT2D eigenvalue weighted by atomic mass is 10.4. The van der Waals surface area contributed by atoms with Crippen LogP contribution >= 0.6 is 11.8 Å². The van der Waals surface area contributed by atoms with Crippen LogP contribution in [0, 0.1) is 0 Å². The van der Waals surface area contributed by atoms with E-state index in [-0.39, 0.29) is 5.56 Å². The van der Waals surface area contributed by atoms with Crippen molar-refractivity contribution in [2.45, 2.75) is 18.1 Å². The molecule has 0 spiro atoms. The molecule has 11 heavy (non-hydrogen) atoms. The molecule has 1 aliphatic heterocycles. The Morgan fingerprint density at radius 1 is 1.64 bits per heavy atom. The molecule has 3 nitrogen and oxygen atoms in total. The molecule has 1 aliphatic rings. The van der Waals surface area contributed by atoms with Crippen LogP contribution in [-0.2, 0) is 6.54 Å². The van der Waals surface area contributed by atoms with Gasteiger partial charge in [-0.2, -0.15) is 0 Å². The Labute approximate surface area is 68.5 Å². The van der Waals surface area contributed by atoms with Crippen molar-refractivity contribution >= 4 is 11.8 Å². The van der Waals surface area contributed by atoms with E-state index < -0.39 is 0 Å². The lowest BCUT2D eigenvalue weighted by molar-refractivity contribution is 0.562. The lowest BCUT2D eigenvalue weighted by Gasteiger charge is -2.14. The zero-order valence-corrected chi connectivity index (χ0v) is 6.80. The van der Waals surface area contributed by atoms with Crippen molar-refractivity contribution in [2.24, 2.45) is 0 Å². The Bertz CT molecular complexity index is 320. The second-order valence-electron chi connectivity index (χ2n) is 2.42. The molecule has 2 heterocycles. The molecule has 58 valence electrons. The summed E-state index contributed by atoms with van der Waals surface area (Å²) in [5.41, 5.74) is 0.0715. The molecule has 0 aliphatic carbocycles. The van der Waals surface area contributed by atoms with Gasteiger partial charge in [-0.1, -0.05) is 11.8 Å². The Balaban J connectivity index is 2.58. The molecule has 0 saturated heterocycles. The molecular formula is C7H8N2OS. The minimum atomic E-state index is 0.0715. The van der Waals surface area contributed by atoms with E-state index >= 15 is 0 Å². The quantitative estimate of drug-likeness (QED) is 0.536. The van der Waals surface area contributed by atoms with E-state index in [2.05, 4.69) is 4.98 Å². The van der Waals surface area contributed by atoms with Gasteiger partial charge in [0.2, 0.25) is 0 Å². The minimum absolute atomic E-state index is 0.0715. The lowest BCUT2D eigenvalue weighted by Crippen LogP contribution is -2.24. The Morgan fingerprint density at radius 2 is 2.55 bits per heavy atom. The Kier molecular flexibility index (Phi) is 1.69. The van der Waals surface area contributed by atoms with Crippen LogP contribution in [0.3, 0.4) is 0 Å². The van der Waals surface area contributed by atoms with Gasteiger partial charge in [0.25, 0.3) is 5.56 Å². The van der Waals surface area contributed by atoms with Gasteiger partial charge in [0.05, 0.1) is 0 Å². The third-order valence-electron chi connectivity index (χ3n) is 1.66. The summed E-state index contributed by atoms with van der Waals surface area (Å²) >= 11 is 1.65. The number of thioether (sulfide) groups is 1. The van der Waals surface area contributed by atoms with Crippen LogP contribution in [-0.4, -0.2) is 15.3 Å². The van der Waals surface area contributed by atoms with Crippen LogP contribution < -0.4 is 5.56 Å². The summed E-state index contributed by atoms with van der Waals surface area (Å²) in [5.74, 6) is 1.08. The van der Waals surface area contributed by atoms with Crippen molar-refractivity contribution < 1.29 is 0 Å². The molecular weight excluding hydrogens is 160 g/mol. The van der Waals surface area contributed by atoms with Crippen molar-refractivity contribution in [1.29, 1.82) is 0 Å². The van der Waals surface area contributed by atoms with Crippen LogP contribution in [0.4, 0.5) is 0 Å². The molecule has 0 bridgehead atoms. The Hall–Kier alpha value is -0.770. The maximum atomic E-state index is 11.2. The summed E-state index contributed by atoms with van der Waals surface area (Å²) in [6, 6.07) is 1.51. The van der Waals surface area contributed by atoms with Gasteiger partial charge in [-0.3, -0.25) is 9.36 Å². The van der Waals surface area contributed by atoms with E-state index in [9.17, 15) is 4.79 Å². The zero-order valence-electron chi connectivity index (χ0n) is 5.99. The van der Waals surface area contributed by atoms with Crippen molar-refractivity contribution in [2.75, 3.05) is 5.75 Å². The molecule has 0 fully saturated rings. The highest BCUT2D eigenvalue weighted by Gasteiger charge is 2.09. The highest BCUT2D eigenvalue weighted by atomic mass is 32.2. The van der Waals surface area contributed by atoms with Crippen LogP contribution in [0.2, 0.25) is 0 Å². The first-order chi connectivity index (χ1) is 5.38. The highest BCUT2D eigenvalue weighted by molar-refractivity contribution is 7.99.